The fraction of sp³-hybridized carbons (Fsp3) is 0.310. The molecule has 4 aromatic rings. The van der Waals surface area contributed by atoms with Crippen LogP contribution in [0.4, 0.5) is 25.3 Å². The summed E-state index contributed by atoms with van der Waals surface area (Å²) in [5.41, 5.74) is 2.78. The van der Waals surface area contributed by atoms with E-state index < -0.39 is 39.5 Å². The lowest BCUT2D eigenvalue weighted by atomic mass is 10.0. The molecule has 0 aliphatic carbocycles. The van der Waals surface area contributed by atoms with Crippen LogP contribution in [0.5, 0.6) is 0 Å². The maximum Gasteiger partial charge on any atom is 0.320 e. The molecular formula is C29H32F2N8O4S. The van der Waals surface area contributed by atoms with E-state index in [0.29, 0.717) is 47.0 Å². The fourth-order valence-electron chi connectivity index (χ4n) is 4.71. The van der Waals surface area contributed by atoms with Gasteiger partial charge < -0.3 is 10.1 Å². The molecule has 2 amide bonds. The summed E-state index contributed by atoms with van der Waals surface area (Å²) < 4.78 is 50.5. The van der Waals surface area contributed by atoms with Gasteiger partial charge in [0, 0.05) is 66.0 Å². The predicted octanol–water partition coefficient (Wildman–Crippen LogP) is 4.40. The maximum atomic E-state index is 14.1. The Kier molecular flexibility index (Phi) is 9.29. The average Bonchev–Trinajstić information content (AvgIpc) is 3.53. The highest BCUT2D eigenvalue weighted by Crippen LogP contribution is 2.32. The zero-order valence-corrected chi connectivity index (χ0v) is 25.3. The minimum Gasteiger partial charge on any atom is -0.383 e. The SMILES string of the molecule is COCCN1C[C@@H](NC(=O)Nc2c(C)c(-c3cnc(N=S(C)(C)=O)nc3)nn2-c2ccccc2)[C@H](c2ccc(F)c(F)c2)O1. The third kappa shape index (κ3) is 7.24. The number of hydroxylamine groups is 2. The third-order valence-electron chi connectivity index (χ3n) is 6.73. The number of aromatic nitrogens is 4. The molecule has 0 unspecified atom stereocenters. The van der Waals surface area contributed by atoms with Crippen LogP contribution in [0.25, 0.3) is 16.9 Å². The number of urea groups is 1. The summed E-state index contributed by atoms with van der Waals surface area (Å²) in [6.07, 6.45) is 5.28. The number of ether oxygens (including phenoxy) is 1. The summed E-state index contributed by atoms with van der Waals surface area (Å²) in [5, 5.41) is 12.2. The van der Waals surface area contributed by atoms with Crippen molar-refractivity contribution in [1.29, 1.82) is 0 Å². The molecule has 0 radical (unpaired) electrons. The zero-order valence-electron chi connectivity index (χ0n) is 24.5. The number of carbonyl (C=O) groups excluding carboxylic acids is 1. The summed E-state index contributed by atoms with van der Waals surface area (Å²) in [6, 6.07) is 11.6. The number of hydrogen-bond acceptors (Lipinski definition) is 9. The normalized spacial score (nSPS) is 17.0. The molecule has 12 nitrogen and oxygen atoms in total. The van der Waals surface area contributed by atoms with Gasteiger partial charge in [-0.05, 0) is 36.8 Å². The second-order valence-electron chi connectivity index (χ2n) is 10.4. The number of methoxy groups -OCH3 is 1. The van der Waals surface area contributed by atoms with Crippen LogP contribution in [-0.4, -0.2) is 80.4 Å². The number of nitrogens with zero attached hydrogens (tertiary/aromatic N) is 6. The van der Waals surface area contributed by atoms with E-state index in [1.54, 1.807) is 23.8 Å². The number of amides is 2. The van der Waals surface area contributed by atoms with Gasteiger partial charge in [0.25, 0.3) is 5.95 Å². The number of nitrogens with one attached hydrogen (secondary N) is 2. The van der Waals surface area contributed by atoms with Crippen LogP contribution in [0, 0.1) is 18.6 Å². The van der Waals surface area contributed by atoms with Crippen LogP contribution in [-0.2, 0) is 19.3 Å². The van der Waals surface area contributed by atoms with E-state index in [-0.39, 0.29) is 12.5 Å². The summed E-state index contributed by atoms with van der Waals surface area (Å²) in [7, 11) is -0.879. The van der Waals surface area contributed by atoms with Gasteiger partial charge in [0.1, 0.15) is 17.6 Å². The van der Waals surface area contributed by atoms with Crippen molar-refractivity contribution in [2.24, 2.45) is 4.36 Å². The Hall–Kier alpha value is -4.31. The molecule has 1 aliphatic rings. The van der Waals surface area contributed by atoms with Gasteiger partial charge in [-0.15, -0.1) is 0 Å². The first-order chi connectivity index (χ1) is 21.0. The number of benzene rings is 2. The molecule has 0 bridgehead atoms. The highest BCUT2D eigenvalue weighted by Gasteiger charge is 2.37. The lowest BCUT2D eigenvalue weighted by Gasteiger charge is -2.20. The number of hydrogen-bond donors (Lipinski definition) is 2. The van der Waals surface area contributed by atoms with Crippen molar-refractivity contribution in [3.05, 3.63) is 83.7 Å². The predicted molar refractivity (Wildman–Crippen MR) is 161 cm³/mol. The summed E-state index contributed by atoms with van der Waals surface area (Å²) in [6.45, 7) is 2.85. The van der Waals surface area contributed by atoms with Gasteiger partial charge in [0.05, 0.1) is 18.3 Å². The lowest BCUT2D eigenvalue weighted by Crippen LogP contribution is -2.42. The molecule has 5 rings (SSSR count). The van der Waals surface area contributed by atoms with Crippen molar-refractivity contribution in [1.82, 2.24) is 30.1 Å². The van der Waals surface area contributed by atoms with Crippen molar-refractivity contribution in [2.75, 3.05) is 44.6 Å². The molecule has 15 heteroatoms. The molecule has 1 saturated heterocycles. The molecule has 2 N–H and O–H groups in total. The molecule has 0 spiro atoms. The van der Waals surface area contributed by atoms with Crippen LogP contribution in [0.3, 0.4) is 0 Å². The molecule has 2 atom stereocenters. The quantitative estimate of drug-likeness (QED) is 0.279. The van der Waals surface area contributed by atoms with Gasteiger partial charge in [0.15, 0.2) is 11.6 Å². The first-order valence-corrected chi connectivity index (χ1v) is 15.9. The third-order valence-corrected chi connectivity index (χ3v) is 7.33. The first kappa shape index (κ1) is 31.1. The van der Waals surface area contributed by atoms with Crippen molar-refractivity contribution in [2.45, 2.75) is 19.1 Å². The molecule has 232 valence electrons. The van der Waals surface area contributed by atoms with E-state index in [2.05, 4.69) is 25.0 Å². The number of carbonyl (C=O) groups is 1. The molecule has 2 aromatic carbocycles. The van der Waals surface area contributed by atoms with Crippen LogP contribution in [0.15, 0.2) is 65.3 Å². The Bertz CT molecular complexity index is 1750. The number of anilines is 1. The second-order valence-corrected chi connectivity index (χ2v) is 12.9. The van der Waals surface area contributed by atoms with E-state index in [1.165, 1.54) is 31.0 Å². The molecule has 3 heterocycles. The highest BCUT2D eigenvalue weighted by molar-refractivity contribution is 7.92. The summed E-state index contributed by atoms with van der Waals surface area (Å²) in [4.78, 5) is 27.9. The van der Waals surface area contributed by atoms with Gasteiger partial charge in [-0.2, -0.15) is 14.5 Å². The van der Waals surface area contributed by atoms with Crippen molar-refractivity contribution in [3.63, 3.8) is 0 Å². The maximum absolute atomic E-state index is 14.1. The minimum atomic E-state index is -2.44. The molecule has 0 saturated carbocycles. The fourth-order valence-corrected chi connectivity index (χ4v) is 5.19. The first-order valence-electron chi connectivity index (χ1n) is 13.6. The van der Waals surface area contributed by atoms with Crippen molar-refractivity contribution >= 4 is 27.5 Å². The number of para-hydroxylation sites is 1. The highest BCUT2D eigenvalue weighted by atomic mass is 32.2. The minimum absolute atomic E-state index is 0.0931. The topological polar surface area (TPSA) is 136 Å². The Balaban J connectivity index is 1.43. The van der Waals surface area contributed by atoms with E-state index in [0.717, 1.165) is 12.1 Å². The summed E-state index contributed by atoms with van der Waals surface area (Å²) >= 11 is 0. The largest absolute Gasteiger partial charge is 0.383 e. The standard InChI is InChI=1S/C29H32F2N8O4S/c1-18-25(20-15-32-28(33-16-20)37-44(3,4)41)36-39(21-8-6-5-7-9-21)27(18)35-29(40)34-24-17-38(12-13-42-2)43-26(24)19-10-11-22(30)23(31)14-19/h5-11,14-16,24,26H,12-13,17H2,1-4H3,(H2,34,35,40)/t24-,26+/m1/s1. The van der Waals surface area contributed by atoms with Gasteiger partial charge in [-0.25, -0.2) is 32.4 Å². The second kappa shape index (κ2) is 13.1. The Morgan fingerprint density at radius 3 is 2.52 bits per heavy atom. The van der Waals surface area contributed by atoms with E-state index >= 15 is 0 Å². The van der Waals surface area contributed by atoms with Crippen LogP contribution >= 0.6 is 0 Å². The molecule has 2 aromatic heterocycles. The number of rotatable bonds is 9. The van der Waals surface area contributed by atoms with E-state index in [1.807, 2.05) is 30.3 Å². The monoisotopic (exact) mass is 626 g/mol. The molecule has 1 fully saturated rings. The lowest BCUT2D eigenvalue weighted by molar-refractivity contribution is -0.154. The van der Waals surface area contributed by atoms with E-state index in [4.69, 9.17) is 14.7 Å². The average molecular weight is 627 g/mol. The molecule has 44 heavy (non-hydrogen) atoms. The zero-order chi connectivity index (χ0) is 31.4. The van der Waals surface area contributed by atoms with E-state index in [9.17, 15) is 17.8 Å². The van der Waals surface area contributed by atoms with Crippen molar-refractivity contribution in [3.8, 4) is 16.9 Å². The molecule has 1 aliphatic heterocycles. The van der Waals surface area contributed by atoms with Gasteiger partial charge in [-0.3, -0.25) is 10.2 Å². The van der Waals surface area contributed by atoms with Crippen LogP contribution < -0.4 is 10.6 Å². The Labute approximate surface area is 253 Å². The van der Waals surface area contributed by atoms with Crippen LogP contribution in [0.2, 0.25) is 0 Å². The Morgan fingerprint density at radius 1 is 1.14 bits per heavy atom. The smallest absolute Gasteiger partial charge is 0.320 e. The van der Waals surface area contributed by atoms with Gasteiger partial charge in [-0.1, -0.05) is 24.3 Å². The molecular weight excluding hydrogens is 594 g/mol. The van der Waals surface area contributed by atoms with Crippen molar-refractivity contribution < 1.29 is 27.4 Å². The van der Waals surface area contributed by atoms with Gasteiger partial charge in [0.2, 0.25) is 0 Å². The van der Waals surface area contributed by atoms with Gasteiger partial charge >= 0.3 is 6.03 Å². The number of halogens is 2. The van der Waals surface area contributed by atoms with Crippen LogP contribution in [0.1, 0.15) is 17.2 Å². The Morgan fingerprint density at radius 2 is 1.86 bits per heavy atom. The summed E-state index contributed by atoms with van der Waals surface area (Å²) in [5.74, 6) is -1.50.